The monoisotopic (exact) mass is 368 g/mol. The molecule has 5 nitrogen and oxygen atoms in total. The van der Waals surface area contributed by atoms with Crippen LogP contribution in [0, 0.1) is 0 Å². The third-order valence-corrected chi connectivity index (χ3v) is 5.94. The molecule has 0 saturated heterocycles. The minimum absolute atomic E-state index is 0.486. The van der Waals surface area contributed by atoms with Crippen LogP contribution in [0.2, 0.25) is 0 Å². The summed E-state index contributed by atoms with van der Waals surface area (Å²) in [5.41, 5.74) is 8.48. The Morgan fingerprint density at radius 2 is 1.81 bits per heavy atom. The average molecular weight is 368 g/mol. The van der Waals surface area contributed by atoms with Crippen LogP contribution in [-0.2, 0) is 0 Å². The van der Waals surface area contributed by atoms with Crippen molar-refractivity contribution in [2.75, 3.05) is 5.73 Å². The lowest BCUT2D eigenvalue weighted by molar-refractivity contribution is 0.629. The molecule has 6 aromatic rings. The number of nitrogens with zero attached hydrogens (tertiary/aromatic N) is 3. The van der Waals surface area contributed by atoms with E-state index in [4.69, 9.17) is 15.1 Å². The molecule has 4 aromatic heterocycles. The summed E-state index contributed by atoms with van der Waals surface area (Å²) in [7, 11) is 0. The molecule has 0 amide bonds. The van der Waals surface area contributed by atoms with E-state index in [1.165, 1.54) is 28.4 Å². The Morgan fingerprint density at radius 1 is 0.889 bits per heavy atom. The molecule has 0 atom stereocenters. The van der Waals surface area contributed by atoms with Crippen molar-refractivity contribution < 1.29 is 4.42 Å². The normalized spacial score (nSPS) is 11.9. The predicted octanol–water partition coefficient (Wildman–Crippen LogP) is 5.39. The fourth-order valence-electron chi connectivity index (χ4n) is 3.53. The summed E-state index contributed by atoms with van der Waals surface area (Å²) >= 11 is 1.50. The van der Waals surface area contributed by atoms with Crippen LogP contribution in [-0.4, -0.2) is 15.0 Å². The number of pyridine rings is 1. The summed E-state index contributed by atoms with van der Waals surface area (Å²) in [6, 6.07) is 18.4. The second-order valence-corrected chi connectivity index (χ2v) is 7.40. The number of nitrogen functional groups attached to an aromatic ring is 1. The lowest BCUT2D eigenvalue weighted by atomic mass is 10.1. The van der Waals surface area contributed by atoms with Gasteiger partial charge in [0.25, 0.3) is 0 Å². The molecule has 27 heavy (non-hydrogen) atoms. The van der Waals surface area contributed by atoms with Gasteiger partial charge in [-0.05, 0) is 35.0 Å². The molecule has 0 aliphatic carbocycles. The maximum Gasteiger partial charge on any atom is 0.153 e. The Hall–Kier alpha value is -3.51. The molecule has 0 aliphatic rings. The van der Waals surface area contributed by atoms with Crippen molar-refractivity contribution in [3.63, 3.8) is 0 Å². The molecule has 0 radical (unpaired) electrons. The standard InChI is InChI=1S/C21H12N4OS/c22-20-19-18(23-10-24-20)13-6-7-15(25-21(13)27-19)17-9-14-12-4-2-1-3-11(12)5-8-16(14)26-17/h1-10H,(H2,22,23,24). The number of thiophene rings is 1. The molecule has 0 aliphatic heterocycles. The molecule has 128 valence electrons. The predicted molar refractivity (Wildman–Crippen MR) is 110 cm³/mol. The number of furan rings is 1. The Morgan fingerprint density at radius 3 is 2.78 bits per heavy atom. The summed E-state index contributed by atoms with van der Waals surface area (Å²) in [6.07, 6.45) is 1.49. The first-order valence-corrected chi connectivity index (χ1v) is 9.31. The van der Waals surface area contributed by atoms with Gasteiger partial charge in [0.05, 0.1) is 10.2 Å². The minimum atomic E-state index is 0.486. The molecule has 0 fully saturated rings. The highest BCUT2D eigenvalue weighted by atomic mass is 32.1. The van der Waals surface area contributed by atoms with Crippen molar-refractivity contribution in [3.8, 4) is 11.5 Å². The summed E-state index contributed by atoms with van der Waals surface area (Å²) in [5.74, 6) is 1.24. The molecule has 0 saturated carbocycles. The van der Waals surface area contributed by atoms with Crippen LogP contribution >= 0.6 is 11.3 Å². The van der Waals surface area contributed by atoms with Gasteiger partial charge in [-0.25, -0.2) is 15.0 Å². The lowest BCUT2D eigenvalue weighted by Crippen LogP contribution is -1.89. The number of fused-ring (bicyclic) bond motifs is 6. The van der Waals surface area contributed by atoms with Crippen LogP contribution in [0.1, 0.15) is 0 Å². The number of hydrogen-bond donors (Lipinski definition) is 1. The van der Waals surface area contributed by atoms with E-state index in [-0.39, 0.29) is 0 Å². The van der Waals surface area contributed by atoms with Crippen molar-refractivity contribution in [1.82, 2.24) is 15.0 Å². The Labute approximate surface area is 157 Å². The van der Waals surface area contributed by atoms with Gasteiger partial charge in [-0.1, -0.05) is 30.3 Å². The number of hydrogen-bond acceptors (Lipinski definition) is 6. The lowest BCUT2D eigenvalue weighted by Gasteiger charge is -1.96. The third kappa shape index (κ3) is 2.07. The van der Waals surface area contributed by atoms with Gasteiger partial charge in [-0.15, -0.1) is 11.3 Å². The van der Waals surface area contributed by atoms with Gasteiger partial charge < -0.3 is 10.2 Å². The topological polar surface area (TPSA) is 77.8 Å². The summed E-state index contributed by atoms with van der Waals surface area (Å²) in [5, 5.41) is 4.45. The van der Waals surface area contributed by atoms with E-state index in [0.717, 1.165) is 42.9 Å². The fourth-order valence-corrected chi connectivity index (χ4v) is 4.56. The first kappa shape index (κ1) is 14.6. The minimum Gasteiger partial charge on any atom is -0.454 e. The summed E-state index contributed by atoms with van der Waals surface area (Å²) in [6.45, 7) is 0. The van der Waals surface area contributed by atoms with Crippen LogP contribution in [0.5, 0.6) is 0 Å². The molecule has 4 heterocycles. The van der Waals surface area contributed by atoms with E-state index >= 15 is 0 Å². The number of nitrogens with two attached hydrogens (primary N) is 1. The number of anilines is 1. The SMILES string of the molecule is Nc1ncnc2c1sc1nc(-c3cc4c(ccc5ccccc54)o3)ccc12. The van der Waals surface area contributed by atoms with Gasteiger partial charge in [-0.3, -0.25) is 0 Å². The van der Waals surface area contributed by atoms with Crippen molar-refractivity contribution in [1.29, 1.82) is 0 Å². The van der Waals surface area contributed by atoms with E-state index in [1.807, 2.05) is 30.3 Å². The van der Waals surface area contributed by atoms with Crippen LogP contribution < -0.4 is 5.73 Å². The molecule has 2 aromatic carbocycles. The Bertz CT molecular complexity index is 1500. The maximum absolute atomic E-state index is 6.10. The number of benzene rings is 2. The van der Waals surface area contributed by atoms with Gasteiger partial charge in [0, 0.05) is 10.8 Å². The first-order valence-electron chi connectivity index (χ1n) is 8.49. The Balaban J connectivity index is 1.59. The molecular formula is C21H12N4OS. The highest BCUT2D eigenvalue weighted by molar-refractivity contribution is 7.25. The molecule has 6 rings (SSSR count). The molecule has 2 N–H and O–H groups in total. The van der Waals surface area contributed by atoms with Crippen LogP contribution in [0.25, 0.3) is 53.6 Å². The van der Waals surface area contributed by atoms with Crippen molar-refractivity contribution in [2.45, 2.75) is 0 Å². The molecule has 0 bridgehead atoms. The number of aromatic nitrogens is 3. The highest BCUT2D eigenvalue weighted by Gasteiger charge is 2.14. The maximum atomic E-state index is 6.10. The zero-order valence-corrected chi connectivity index (χ0v) is 14.8. The van der Waals surface area contributed by atoms with Gasteiger partial charge in [0.1, 0.15) is 28.3 Å². The zero-order chi connectivity index (χ0) is 18.0. The van der Waals surface area contributed by atoms with Gasteiger partial charge in [0.15, 0.2) is 5.76 Å². The van der Waals surface area contributed by atoms with Crippen LogP contribution in [0.4, 0.5) is 5.82 Å². The van der Waals surface area contributed by atoms with E-state index in [9.17, 15) is 0 Å². The van der Waals surface area contributed by atoms with Crippen molar-refractivity contribution >= 4 is 59.3 Å². The summed E-state index contributed by atoms with van der Waals surface area (Å²) in [4.78, 5) is 14.1. The van der Waals surface area contributed by atoms with Crippen molar-refractivity contribution in [3.05, 3.63) is 60.9 Å². The second kappa shape index (κ2) is 5.25. The smallest absolute Gasteiger partial charge is 0.153 e. The Kier molecular flexibility index (Phi) is 2.84. The van der Waals surface area contributed by atoms with E-state index in [1.54, 1.807) is 0 Å². The molecular weight excluding hydrogens is 356 g/mol. The quantitative estimate of drug-likeness (QED) is 0.421. The second-order valence-electron chi connectivity index (χ2n) is 6.40. The van der Waals surface area contributed by atoms with E-state index < -0.39 is 0 Å². The van der Waals surface area contributed by atoms with Gasteiger partial charge >= 0.3 is 0 Å². The van der Waals surface area contributed by atoms with Gasteiger partial charge in [0.2, 0.25) is 0 Å². The third-order valence-electron chi connectivity index (χ3n) is 4.82. The van der Waals surface area contributed by atoms with Crippen LogP contribution in [0.3, 0.4) is 0 Å². The molecule has 0 spiro atoms. The fraction of sp³-hybridized carbons (Fsp3) is 0. The highest BCUT2D eigenvalue weighted by Crippen LogP contribution is 2.37. The summed E-state index contributed by atoms with van der Waals surface area (Å²) < 4.78 is 6.97. The molecule has 0 unspecified atom stereocenters. The first-order chi connectivity index (χ1) is 13.3. The average Bonchev–Trinajstić information content (AvgIpc) is 3.30. The van der Waals surface area contributed by atoms with Gasteiger partial charge in [-0.2, -0.15) is 0 Å². The zero-order valence-electron chi connectivity index (χ0n) is 14.0. The largest absolute Gasteiger partial charge is 0.454 e. The van der Waals surface area contributed by atoms with Crippen molar-refractivity contribution in [2.24, 2.45) is 0 Å². The van der Waals surface area contributed by atoms with Crippen LogP contribution in [0.15, 0.2) is 65.3 Å². The van der Waals surface area contributed by atoms with E-state index in [2.05, 4.69) is 34.2 Å². The molecule has 6 heteroatoms. The van der Waals surface area contributed by atoms with E-state index in [0.29, 0.717) is 5.82 Å². The number of rotatable bonds is 1.